The predicted octanol–water partition coefficient (Wildman–Crippen LogP) is 4.14. The van der Waals surface area contributed by atoms with Crippen molar-refractivity contribution in [3.63, 3.8) is 0 Å². The number of benzene rings is 2. The van der Waals surface area contributed by atoms with Crippen LogP contribution in [0, 0.1) is 0 Å². The van der Waals surface area contributed by atoms with Gasteiger partial charge in [-0.3, -0.25) is 4.79 Å². The molecule has 3 heterocycles. The number of carbonyl (C=O) groups is 1. The molecule has 2 aromatic heterocycles. The zero-order chi connectivity index (χ0) is 26.5. The first-order valence-electron chi connectivity index (χ1n) is 12.2. The Bertz CT molecular complexity index is 1650. The summed E-state index contributed by atoms with van der Waals surface area (Å²) < 4.78 is 40.0. The fourth-order valence-electron chi connectivity index (χ4n) is 4.59. The summed E-state index contributed by atoms with van der Waals surface area (Å²) in [5, 5.41) is 10.9. The van der Waals surface area contributed by atoms with Crippen molar-refractivity contribution in [2.75, 3.05) is 18.0 Å². The highest BCUT2D eigenvalue weighted by molar-refractivity contribution is 7.90. The van der Waals surface area contributed by atoms with Crippen LogP contribution in [-0.2, 0) is 14.8 Å². The number of sulfonamides is 1. The molecule has 1 atom stereocenters. The maximum Gasteiger partial charge on any atom is 0.281 e. The van der Waals surface area contributed by atoms with Gasteiger partial charge in [0, 0.05) is 41.9 Å². The number of aliphatic hydroxyl groups excluding tert-OH is 1. The number of ether oxygens (including phenoxy) is 1. The summed E-state index contributed by atoms with van der Waals surface area (Å²) >= 11 is 6.25. The van der Waals surface area contributed by atoms with Gasteiger partial charge < -0.3 is 19.2 Å². The molecule has 2 aromatic carbocycles. The summed E-state index contributed by atoms with van der Waals surface area (Å²) in [5.41, 5.74) is 0.845. The molecule has 38 heavy (non-hydrogen) atoms. The largest absolute Gasteiger partial charge is 0.477 e. The topological polar surface area (TPSA) is 122 Å². The number of aliphatic hydroxyl groups is 1. The Hall–Kier alpha value is -3.60. The van der Waals surface area contributed by atoms with E-state index >= 15 is 0 Å². The molecule has 1 aliphatic carbocycles. The van der Waals surface area contributed by atoms with Crippen LogP contribution >= 0.6 is 11.6 Å². The number of hydrogen-bond acceptors (Lipinski definition) is 8. The second-order valence-electron chi connectivity index (χ2n) is 9.57. The highest BCUT2D eigenvalue weighted by Crippen LogP contribution is 2.44. The molecule has 9 nitrogen and oxygen atoms in total. The third-order valence-corrected chi connectivity index (χ3v) is 8.30. The smallest absolute Gasteiger partial charge is 0.281 e. The van der Waals surface area contributed by atoms with Gasteiger partial charge >= 0.3 is 0 Å². The summed E-state index contributed by atoms with van der Waals surface area (Å²) in [6.45, 7) is 0.935. The van der Waals surface area contributed by atoms with Crippen LogP contribution in [-0.4, -0.2) is 49.2 Å². The number of rotatable bonds is 7. The lowest BCUT2D eigenvalue weighted by molar-refractivity contribution is -0.127. The molecule has 0 radical (unpaired) electrons. The average molecular weight is 554 g/mol. The van der Waals surface area contributed by atoms with Gasteiger partial charge in [-0.05, 0) is 54.4 Å². The van der Waals surface area contributed by atoms with E-state index in [1.165, 1.54) is 6.07 Å². The molecule has 2 N–H and O–H groups in total. The zero-order valence-electron chi connectivity index (χ0n) is 20.1. The maximum atomic E-state index is 13.2. The van der Waals surface area contributed by atoms with Crippen molar-refractivity contribution in [3.8, 4) is 16.9 Å². The van der Waals surface area contributed by atoms with Gasteiger partial charge in [0.2, 0.25) is 0 Å². The molecular formula is C27H24ClN3O6S. The van der Waals surface area contributed by atoms with Crippen molar-refractivity contribution in [3.05, 3.63) is 71.9 Å². The van der Waals surface area contributed by atoms with E-state index in [-0.39, 0.29) is 5.03 Å². The second-order valence-corrected chi connectivity index (χ2v) is 11.6. The summed E-state index contributed by atoms with van der Waals surface area (Å²) in [6.07, 6.45) is 2.39. The van der Waals surface area contributed by atoms with Crippen molar-refractivity contribution in [2.45, 2.75) is 36.0 Å². The molecular weight excluding hydrogens is 530 g/mol. The number of carbonyl (C=O) groups excluding carboxylic acids is 1. The molecule has 11 heteroatoms. The molecule has 6 rings (SSSR count). The van der Waals surface area contributed by atoms with E-state index in [1.54, 1.807) is 41.5 Å². The van der Waals surface area contributed by atoms with Crippen molar-refractivity contribution in [1.29, 1.82) is 0 Å². The SMILES string of the molecule is O=C(NS(=O)(=O)c1cccc(N2CC[C@H](O)C2)n1)C1(Oc2cc(Cl)ccc2-c2ccc3ccoc3c2)CC1. The Morgan fingerprint density at radius 1 is 1.16 bits per heavy atom. The first-order valence-corrected chi connectivity index (χ1v) is 14.0. The Balaban J connectivity index is 1.24. The van der Waals surface area contributed by atoms with E-state index in [1.807, 2.05) is 24.3 Å². The van der Waals surface area contributed by atoms with Crippen molar-refractivity contribution >= 4 is 44.3 Å². The lowest BCUT2D eigenvalue weighted by Crippen LogP contribution is -2.43. The highest BCUT2D eigenvalue weighted by atomic mass is 35.5. The molecule has 0 spiro atoms. The van der Waals surface area contributed by atoms with Crippen molar-refractivity contribution in [2.24, 2.45) is 0 Å². The lowest BCUT2D eigenvalue weighted by atomic mass is 10.0. The number of nitrogens with one attached hydrogen (secondary N) is 1. The molecule has 0 bridgehead atoms. The molecule has 2 aliphatic rings. The van der Waals surface area contributed by atoms with Gasteiger partial charge in [0.15, 0.2) is 10.6 Å². The minimum absolute atomic E-state index is 0.282. The molecule has 1 saturated carbocycles. The second kappa shape index (κ2) is 9.30. The number of amides is 1. The number of anilines is 1. The van der Waals surface area contributed by atoms with Gasteiger partial charge in [-0.25, -0.2) is 9.71 Å². The average Bonchev–Trinajstić information content (AvgIpc) is 3.30. The highest BCUT2D eigenvalue weighted by Gasteiger charge is 2.54. The van der Waals surface area contributed by atoms with E-state index in [2.05, 4.69) is 9.71 Å². The van der Waals surface area contributed by atoms with Crippen LogP contribution in [0.15, 0.2) is 76.4 Å². The number of halogens is 1. The lowest BCUT2D eigenvalue weighted by Gasteiger charge is -2.21. The number of hydrogen-bond donors (Lipinski definition) is 2. The summed E-state index contributed by atoms with van der Waals surface area (Å²) in [7, 11) is -4.27. The van der Waals surface area contributed by atoms with Crippen molar-refractivity contribution < 1.29 is 27.5 Å². The van der Waals surface area contributed by atoms with E-state index in [4.69, 9.17) is 20.8 Å². The summed E-state index contributed by atoms with van der Waals surface area (Å²) in [5.74, 6) is 0.0150. The Morgan fingerprint density at radius 3 is 2.76 bits per heavy atom. The Labute approximate surface area is 224 Å². The van der Waals surface area contributed by atoms with E-state index in [9.17, 15) is 18.3 Å². The summed E-state index contributed by atoms with van der Waals surface area (Å²) in [6, 6.07) is 17.2. The van der Waals surface area contributed by atoms with Crippen LogP contribution in [0.4, 0.5) is 5.82 Å². The number of aromatic nitrogens is 1. The number of fused-ring (bicyclic) bond motifs is 1. The van der Waals surface area contributed by atoms with Crippen LogP contribution in [0.5, 0.6) is 5.75 Å². The third-order valence-electron chi connectivity index (χ3n) is 6.83. The monoisotopic (exact) mass is 553 g/mol. The number of nitrogens with zero attached hydrogens (tertiary/aromatic N) is 2. The zero-order valence-corrected chi connectivity index (χ0v) is 21.7. The molecule has 0 unspecified atom stereocenters. The molecule has 1 saturated heterocycles. The van der Waals surface area contributed by atoms with Crippen LogP contribution < -0.4 is 14.4 Å². The fourth-order valence-corrected chi connectivity index (χ4v) is 5.76. The van der Waals surface area contributed by atoms with Gasteiger partial charge in [0.1, 0.15) is 17.2 Å². The number of β-amino-alcohol motifs (C(OH)–C–C–N with tert-alkyl or cyclic N) is 1. The molecule has 4 aromatic rings. The minimum Gasteiger partial charge on any atom is -0.477 e. The quantitative estimate of drug-likeness (QED) is 0.350. The minimum atomic E-state index is -4.27. The normalized spacial score (nSPS) is 18.5. The van der Waals surface area contributed by atoms with Gasteiger partial charge in [-0.15, -0.1) is 0 Å². The maximum absolute atomic E-state index is 13.2. The fraction of sp³-hybridized carbons (Fsp3) is 0.259. The van der Waals surface area contributed by atoms with E-state index in [0.717, 1.165) is 10.9 Å². The van der Waals surface area contributed by atoms with E-state index in [0.29, 0.717) is 60.1 Å². The van der Waals surface area contributed by atoms with Crippen LogP contribution in [0.2, 0.25) is 5.02 Å². The van der Waals surface area contributed by atoms with Crippen LogP contribution in [0.25, 0.3) is 22.1 Å². The standard InChI is InChI=1S/C27H24ClN3O6S/c28-19-6-7-21(18-5-4-17-9-13-36-22(17)14-18)23(15-19)37-27(10-11-27)26(33)30-38(34,35)25-3-1-2-24(29-25)31-12-8-20(32)16-31/h1-7,9,13-15,20,32H,8,10-12,16H2,(H,30,33)/t20-/m0/s1. The number of pyridine rings is 1. The molecule has 1 amide bonds. The summed E-state index contributed by atoms with van der Waals surface area (Å²) in [4.78, 5) is 19.3. The molecule has 196 valence electrons. The third kappa shape index (κ3) is 4.70. The Morgan fingerprint density at radius 2 is 2.00 bits per heavy atom. The Kier molecular flexibility index (Phi) is 6.05. The number of furan rings is 1. The van der Waals surface area contributed by atoms with Crippen LogP contribution in [0.1, 0.15) is 19.3 Å². The van der Waals surface area contributed by atoms with Crippen LogP contribution in [0.3, 0.4) is 0 Å². The van der Waals surface area contributed by atoms with Crippen molar-refractivity contribution in [1.82, 2.24) is 9.71 Å². The molecule has 1 aliphatic heterocycles. The van der Waals surface area contributed by atoms with Gasteiger partial charge in [0.05, 0.1) is 12.4 Å². The van der Waals surface area contributed by atoms with Gasteiger partial charge in [-0.1, -0.05) is 29.8 Å². The predicted molar refractivity (Wildman–Crippen MR) is 142 cm³/mol. The van der Waals surface area contributed by atoms with E-state index < -0.39 is 27.6 Å². The molecule has 2 fully saturated rings. The van der Waals surface area contributed by atoms with Gasteiger partial charge in [0.25, 0.3) is 15.9 Å². The first kappa shape index (κ1) is 24.7. The van der Waals surface area contributed by atoms with Gasteiger partial charge in [-0.2, -0.15) is 8.42 Å². The first-order chi connectivity index (χ1) is 18.2.